The molecular formula is C12H19ClN2O3S. The second-order valence-corrected chi connectivity index (χ2v) is 6.90. The van der Waals surface area contributed by atoms with Crippen LogP contribution in [0.2, 0.25) is 5.02 Å². The van der Waals surface area contributed by atoms with Crippen molar-refractivity contribution in [3.63, 3.8) is 0 Å². The van der Waals surface area contributed by atoms with Crippen molar-refractivity contribution in [1.82, 2.24) is 4.72 Å². The van der Waals surface area contributed by atoms with Gasteiger partial charge in [0.15, 0.2) is 0 Å². The highest BCUT2D eigenvalue weighted by Gasteiger charge is 2.23. The lowest BCUT2D eigenvalue weighted by Gasteiger charge is -2.23. The minimum atomic E-state index is -3.66. The van der Waals surface area contributed by atoms with Crippen molar-refractivity contribution in [2.24, 2.45) is 5.73 Å². The van der Waals surface area contributed by atoms with Crippen molar-refractivity contribution in [2.75, 3.05) is 13.7 Å². The second kappa shape index (κ2) is 6.19. The van der Waals surface area contributed by atoms with E-state index in [1.165, 1.54) is 13.2 Å². The Hall–Kier alpha value is -0.660. The molecule has 0 saturated carbocycles. The Balaban J connectivity index is 2.95. The minimum Gasteiger partial charge on any atom is -0.377 e. The fourth-order valence-electron chi connectivity index (χ4n) is 1.31. The molecule has 3 N–H and O–H groups in total. The molecule has 0 aliphatic heterocycles. The molecule has 0 heterocycles. The third-order valence-electron chi connectivity index (χ3n) is 2.76. The molecule has 0 spiro atoms. The van der Waals surface area contributed by atoms with E-state index >= 15 is 0 Å². The molecule has 0 aliphatic carbocycles. The van der Waals surface area contributed by atoms with Crippen LogP contribution in [0.15, 0.2) is 23.1 Å². The van der Waals surface area contributed by atoms with E-state index < -0.39 is 15.6 Å². The Morgan fingerprint density at radius 3 is 2.53 bits per heavy atom. The number of ether oxygens (including phenoxy) is 1. The van der Waals surface area contributed by atoms with Crippen molar-refractivity contribution in [1.29, 1.82) is 0 Å². The van der Waals surface area contributed by atoms with Crippen LogP contribution in [-0.4, -0.2) is 27.7 Å². The first-order chi connectivity index (χ1) is 8.72. The van der Waals surface area contributed by atoms with Crippen LogP contribution < -0.4 is 10.5 Å². The van der Waals surface area contributed by atoms with Crippen molar-refractivity contribution in [2.45, 2.75) is 30.9 Å². The smallest absolute Gasteiger partial charge is 0.242 e. The van der Waals surface area contributed by atoms with E-state index in [0.29, 0.717) is 6.54 Å². The van der Waals surface area contributed by atoms with Gasteiger partial charge in [0.25, 0.3) is 0 Å². The van der Waals surface area contributed by atoms with Gasteiger partial charge in [0.05, 0.1) is 10.6 Å². The average molecular weight is 307 g/mol. The second-order valence-electron chi connectivity index (χ2n) is 4.76. The number of hydrogen-bond acceptors (Lipinski definition) is 4. The monoisotopic (exact) mass is 306 g/mol. The Morgan fingerprint density at radius 1 is 1.42 bits per heavy atom. The Kier molecular flexibility index (Phi) is 5.34. The van der Waals surface area contributed by atoms with Gasteiger partial charge in [-0.1, -0.05) is 17.7 Å². The van der Waals surface area contributed by atoms with Crippen molar-refractivity contribution in [3.8, 4) is 0 Å². The molecule has 1 aromatic carbocycles. The summed E-state index contributed by atoms with van der Waals surface area (Å²) in [6.07, 6.45) is 0. The van der Waals surface area contributed by atoms with Crippen molar-refractivity contribution >= 4 is 21.6 Å². The topological polar surface area (TPSA) is 81.4 Å². The summed E-state index contributed by atoms with van der Waals surface area (Å²) in [5.41, 5.74) is 5.66. The molecule has 0 aromatic heterocycles. The molecule has 0 unspecified atom stereocenters. The molecule has 0 atom stereocenters. The van der Waals surface area contributed by atoms with Gasteiger partial charge in [-0.15, -0.1) is 0 Å². The van der Waals surface area contributed by atoms with Gasteiger partial charge in [-0.25, -0.2) is 13.1 Å². The van der Waals surface area contributed by atoms with Crippen molar-refractivity contribution in [3.05, 3.63) is 28.8 Å². The molecule has 0 amide bonds. The number of nitrogens with two attached hydrogens (primary N) is 1. The summed E-state index contributed by atoms with van der Waals surface area (Å²) in [6, 6.07) is 4.64. The molecule has 1 rings (SSSR count). The van der Waals surface area contributed by atoms with Gasteiger partial charge < -0.3 is 10.5 Å². The summed E-state index contributed by atoms with van der Waals surface area (Å²) in [4.78, 5) is 0.0401. The van der Waals surface area contributed by atoms with E-state index in [4.69, 9.17) is 22.1 Å². The minimum absolute atomic E-state index is 0.0401. The van der Waals surface area contributed by atoms with Gasteiger partial charge in [-0.2, -0.15) is 0 Å². The Bertz CT molecular complexity index is 544. The number of benzene rings is 1. The highest BCUT2D eigenvalue weighted by atomic mass is 35.5. The zero-order chi connectivity index (χ0) is 14.7. The highest BCUT2D eigenvalue weighted by molar-refractivity contribution is 7.89. The van der Waals surface area contributed by atoms with Crippen molar-refractivity contribution < 1.29 is 13.2 Å². The summed E-state index contributed by atoms with van der Waals surface area (Å²) in [5.74, 6) is 0. The summed E-state index contributed by atoms with van der Waals surface area (Å²) >= 11 is 5.97. The zero-order valence-corrected chi connectivity index (χ0v) is 12.8. The van der Waals surface area contributed by atoms with Gasteiger partial charge >= 0.3 is 0 Å². The summed E-state index contributed by atoms with van der Waals surface area (Å²) in [6.45, 7) is 4.04. The Labute approximate surface area is 119 Å². The van der Waals surface area contributed by atoms with E-state index in [2.05, 4.69) is 4.72 Å². The molecule has 0 radical (unpaired) electrons. The lowest BCUT2D eigenvalue weighted by Crippen LogP contribution is -2.39. The number of halogens is 1. The van der Waals surface area contributed by atoms with Crippen LogP contribution in [0, 0.1) is 0 Å². The highest BCUT2D eigenvalue weighted by Crippen LogP contribution is 2.22. The number of rotatable bonds is 6. The maximum absolute atomic E-state index is 12.1. The van der Waals surface area contributed by atoms with Crippen LogP contribution in [0.4, 0.5) is 0 Å². The van der Waals surface area contributed by atoms with Crippen LogP contribution in [0.3, 0.4) is 0 Å². The first kappa shape index (κ1) is 16.4. The summed E-state index contributed by atoms with van der Waals surface area (Å²) in [5, 5.41) is 0.158. The number of sulfonamides is 1. The molecule has 0 bridgehead atoms. The number of hydrogen-bond donors (Lipinski definition) is 2. The fraction of sp³-hybridized carbons (Fsp3) is 0.500. The lowest BCUT2D eigenvalue weighted by atomic mass is 10.1. The van der Waals surface area contributed by atoms with E-state index in [1.54, 1.807) is 26.0 Å². The predicted octanol–water partition coefficient (Wildman–Crippen LogP) is 1.50. The van der Waals surface area contributed by atoms with Gasteiger partial charge in [0.1, 0.15) is 4.90 Å². The Morgan fingerprint density at radius 2 is 2.05 bits per heavy atom. The van der Waals surface area contributed by atoms with Crippen LogP contribution in [-0.2, 0) is 21.3 Å². The molecule has 19 heavy (non-hydrogen) atoms. The maximum atomic E-state index is 12.1. The fourth-order valence-corrected chi connectivity index (χ4v) is 3.07. The lowest BCUT2D eigenvalue weighted by molar-refractivity contribution is 0.0276. The quantitative estimate of drug-likeness (QED) is 0.834. The molecule has 0 saturated heterocycles. The van der Waals surface area contributed by atoms with Crippen LogP contribution >= 0.6 is 11.6 Å². The molecule has 108 valence electrons. The average Bonchev–Trinajstić information content (AvgIpc) is 2.36. The normalized spacial score (nSPS) is 12.7. The molecule has 1 aromatic rings. The molecular weight excluding hydrogens is 288 g/mol. The third-order valence-corrected chi connectivity index (χ3v) is 4.65. The largest absolute Gasteiger partial charge is 0.377 e. The molecule has 5 nitrogen and oxygen atoms in total. The summed E-state index contributed by atoms with van der Waals surface area (Å²) < 4.78 is 31.9. The van der Waals surface area contributed by atoms with Gasteiger partial charge in [0, 0.05) is 20.2 Å². The maximum Gasteiger partial charge on any atom is 0.242 e. The zero-order valence-electron chi connectivity index (χ0n) is 11.2. The van der Waals surface area contributed by atoms with Crippen LogP contribution in [0.5, 0.6) is 0 Å². The van der Waals surface area contributed by atoms with Gasteiger partial charge in [-0.3, -0.25) is 0 Å². The third kappa shape index (κ3) is 4.43. The van der Waals surface area contributed by atoms with E-state index in [1.807, 2.05) is 0 Å². The molecule has 7 heteroatoms. The van der Waals surface area contributed by atoms with E-state index in [0.717, 1.165) is 5.56 Å². The van der Waals surface area contributed by atoms with Gasteiger partial charge in [0.2, 0.25) is 10.0 Å². The van der Waals surface area contributed by atoms with Crippen LogP contribution in [0.1, 0.15) is 19.4 Å². The molecule has 0 fully saturated rings. The summed E-state index contributed by atoms with van der Waals surface area (Å²) in [7, 11) is -2.14. The predicted molar refractivity (Wildman–Crippen MR) is 75.6 cm³/mol. The SMILES string of the molecule is COC(C)(C)CNS(=O)(=O)c1ccc(CN)cc1Cl. The first-order valence-electron chi connectivity index (χ1n) is 5.75. The number of methoxy groups -OCH3 is 1. The standard InChI is InChI=1S/C12H19ClN2O3S/c1-12(2,18-3)8-15-19(16,17)11-5-4-9(7-14)6-10(11)13/h4-6,15H,7-8,14H2,1-3H3. The van der Waals surface area contributed by atoms with E-state index in [-0.39, 0.29) is 16.5 Å². The van der Waals surface area contributed by atoms with E-state index in [9.17, 15) is 8.42 Å². The van der Waals surface area contributed by atoms with Crippen LogP contribution in [0.25, 0.3) is 0 Å². The first-order valence-corrected chi connectivity index (χ1v) is 7.61. The number of nitrogens with one attached hydrogen (secondary N) is 1. The van der Waals surface area contributed by atoms with Gasteiger partial charge in [-0.05, 0) is 31.5 Å². The molecule has 0 aliphatic rings.